The maximum absolute atomic E-state index is 6.50. The minimum atomic E-state index is -0.0318. The van der Waals surface area contributed by atoms with Gasteiger partial charge in [0.05, 0.1) is 12.4 Å². The number of hydrogen-bond acceptors (Lipinski definition) is 3. The molecule has 1 atom stereocenters. The van der Waals surface area contributed by atoms with Crippen molar-refractivity contribution in [1.29, 1.82) is 0 Å². The first-order chi connectivity index (χ1) is 15.7. The first-order valence-electron chi connectivity index (χ1n) is 11.5. The van der Waals surface area contributed by atoms with Gasteiger partial charge in [-0.2, -0.15) is 0 Å². The highest BCUT2D eigenvalue weighted by atomic mass is 16.5. The van der Waals surface area contributed by atoms with Crippen molar-refractivity contribution >= 4 is 5.96 Å². The first kappa shape index (κ1) is 20.6. The zero-order valence-electron chi connectivity index (χ0n) is 18.6. The van der Waals surface area contributed by atoms with Crippen LogP contribution in [0.5, 0.6) is 5.75 Å². The number of fused-ring (bicyclic) bond motifs is 1. The van der Waals surface area contributed by atoms with Crippen LogP contribution in [-0.2, 0) is 13.1 Å². The normalized spacial score (nSPS) is 19.4. The van der Waals surface area contributed by atoms with E-state index in [4.69, 9.17) is 4.74 Å². The zero-order chi connectivity index (χ0) is 21.8. The average molecular weight is 430 g/mol. The van der Waals surface area contributed by atoms with Gasteiger partial charge in [0.1, 0.15) is 11.4 Å². The number of benzene rings is 2. The van der Waals surface area contributed by atoms with E-state index in [0.29, 0.717) is 0 Å². The van der Waals surface area contributed by atoms with Crippen LogP contribution < -0.4 is 15.4 Å². The van der Waals surface area contributed by atoms with E-state index in [-0.39, 0.29) is 11.6 Å². The molecule has 2 aromatic carbocycles. The van der Waals surface area contributed by atoms with Crippen molar-refractivity contribution < 1.29 is 4.74 Å². The molecule has 1 aliphatic heterocycles. The van der Waals surface area contributed by atoms with Gasteiger partial charge >= 0.3 is 0 Å². The molecule has 1 aliphatic carbocycles. The van der Waals surface area contributed by atoms with Crippen molar-refractivity contribution in [3.05, 3.63) is 83.9 Å². The Morgan fingerprint density at radius 2 is 1.91 bits per heavy atom. The Labute approximate surface area is 189 Å². The van der Waals surface area contributed by atoms with Crippen LogP contribution in [0.4, 0.5) is 0 Å². The van der Waals surface area contributed by atoms with Crippen molar-refractivity contribution in [2.75, 3.05) is 7.05 Å². The minimum absolute atomic E-state index is 0.0318. The van der Waals surface area contributed by atoms with Crippen LogP contribution in [0, 0.1) is 0 Å². The smallest absolute Gasteiger partial charge is 0.191 e. The molecule has 32 heavy (non-hydrogen) atoms. The molecule has 1 saturated carbocycles. The van der Waals surface area contributed by atoms with Crippen LogP contribution in [0.3, 0.4) is 0 Å². The van der Waals surface area contributed by atoms with Gasteiger partial charge in [-0.25, -0.2) is 4.98 Å². The fourth-order valence-electron chi connectivity index (χ4n) is 4.97. The lowest BCUT2D eigenvalue weighted by Crippen LogP contribution is -2.46. The van der Waals surface area contributed by atoms with E-state index in [1.165, 1.54) is 29.5 Å². The molecule has 2 heterocycles. The highest BCUT2D eigenvalue weighted by Crippen LogP contribution is 2.46. The van der Waals surface area contributed by atoms with E-state index >= 15 is 0 Å². The number of ether oxygens (including phenoxy) is 1. The molecule has 0 bridgehead atoms. The summed E-state index contributed by atoms with van der Waals surface area (Å²) in [5, 5.41) is 7.16. The highest BCUT2D eigenvalue weighted by Gasteiger charge is 2.43. The van der Waals surface area contributed by atoms with Gasteiger partial charge in [-0.15, -0.1) is 0 Å². The predicted molar refractivity (Wildman–Crippen MR) is 127 cm³/mol. The van der Waals surface area contributed by atoms with Crippen LogP contribution in [0.2, 0.25) is 0 Å². The number of rotatable bonds is 5. The van der Waals surface area contributed by atoms with Crippen LogP contribution >= 0.6 is 0 Å². The van der Waals surface area contributed by atoms with Gasteiger partial charge in [0.15, 0.2) is 5.96 Å². The first-order valence-corrected chi connectivity index (χ1v) is 11.5. The van der Waals surface area contributed by atoms with E-state index in [2.05, 4.69) is 73.7 Å². The summed E-state index contributed by atoms with van der Waals surface area (Å²) in [6.07, 6.45) is 11.4. The number of aliphatic imine (C=N–C) groups is 1. The lowest BCUT2D eigenvalue weighted by molar-refractivity contribution is 0.0396. The summed E-state index contributed by atoms with van der Waals surface area (Å²) in [6.45, 7) is 1.56. The summed E-state index contributed by atoms with van der Waals surface area (Å²) in [5.74, 6) is 1.84. The molecular weight excluding hydrogens is 398 g/mol. The van der Waals surface area contributed by atoms with E-state index < -0.39 is 0 Å². The number of para-hydroxylation sites is 1. The van der Waals surface area contributed by atoms with Gasteiger partial charge in [0.25, 0.3) is 0 Å². The number of hydrogen-bond donors (Lipinski definition) is 2. The topological polar surface area (TPSA) is 63.5 Å². The van der Waals surface area contributed by atoms with Crippen molar-refractivity contribution in [3.63, 3.8) is 0 Å². The Bertz CT molecular complexity index is 1050. The molecule has 0 amide bonds. The van der Waals surface area contributed by atoms with Gasteiger partial charge in [-0.3, -0.25) is 4.99 Å². The van der Waals surface area contributed by atoms with Crippen LogP contribution in [0.15, 0.2) is 72.2 Å². The molecule has 166 valence electrons. The quantitative estimate of drug-likeness (QED) is 0.465. The lowest BCUT2D eigenvalue weighted by atomic mass is 9.86. The highest BCUT2D eigenvalue weighted by molar-refractivity contribution is 5.80. The van der Waals surface area contributed by atoms with E-state index in [0.717, 1.165) is 44.1 Å². The number of aromatic nitrogens is 2. The van der Waals surface area contributed by atoms with Gasteiger partial charge in [-0.05, 0) is 42.9 Å². The SMILES string of the molecule is CN=C(NCc1ccc(Cn2ccnc2)cc1)NC1CC2(CCCC2)Oc2ccccc21. The molecule has 6 heteroatoms. The largest absolute Gasteiger partial charge is 0.487 e. The van der Waals surface area contributed by atoms with Gasteiger partial charge in [0.2, 0.25) is 0 Å². The molecule has 2 N–H and O–H groups in total. The molecule has 5 rings (SSSR count). The number of guanidine groups is 1. The molecule has 6 nitrogen and oxygen atoms in total. The van der Waals surface area contributed by atoms with Crippen molar-refractivity contribution in [1.82, 2.24) is 20.2 Å². The molecular formula is C26H31N5O. The number of nitrogens with one attached hydrogen (secondary N) is 2. The van der Waals surface area contributed by atoms with Gasteiger partial charge < -0.3 is 19.9 Å². The summed E-state index contributed by atoms with van der Waals surface area (Å²) in [5.41, 5.74) is 3.67. The molecule has 0 radical (unpaired) electrons. The second kappa shape index (κ2) is 9.07. The summed E-state index contributed by atoms with van der Waals surface area (Å²) in [7, 11) is 1.83. The average Bonchev–Trinajstić information content (AvgIpc) is 3.50. The maximum atomic E-state index is 6.50. The Morgan fingerprint density at radius 1 is 1.12 bits per heavy atom. The standard InChI is InChI=1S/C26H31N5O/c1-27-25(29-17-20-8-10-21(11-9-20)18-31-15-14-28-19-31)30-23-16-26(12-4-5-13-26)32-24-7-3-2-6-22(23)24/h2-3,6-11,14-15,19,23H,4-5,12-13,16-18H2,1H3,(H2,27,29,30). The lowest BCUT2D eigenvalue weighted by Gasteiger charge is -2.40. The minimum Gasteiger partial charge on any atom is -0.487 e. The third-order valence-corrected chi connectivity index (χ3v) is 6.65. The van der Waals surface area contributed by atoms with Crippen molar-refractivity contribution in [2.24, 2.45) is 4.99 Å². The molecule has 1 fully saturated rings. The van der Waals surface area contributed by atoms with Crippen molar-refractivity contribution in [2.45, 2.75) is 56.8 Å². The molecule has 1 aromatic heterocycles. The van der Waals surface area contributed by atoms with E-state index in [9.17, 15) is 0 Å². The summed E-state index contributed by atoms with van der Waals surface area (Å²) >= 11 is 0. The van der Waals surface area contributed by atoms with Crippen LogP contribution in [0.25, 0.3) is 0 Å². The van der Waals surface area contributed by atoms with Crippen molar-refractivity contribution in [3.8, 4) is 5.75 Å². The summed E-state index contributed by atoms with van der Waals surface area (Å²) < 4.78 is 8.57. The molecule has 1 unspecified atom stereocenters. The molecule has 2 aliphatic rings. The molecule has 1 spiro atoms. The van der Waals surface area contributed by atoms with Gasteiger partial charge in [-0.1, -0.05) is 42.5 Å². The Balaban J connectivity index is 1.23. The second-order valence-electron chi connectivity index (χ2n) is 8.91. The van der Waals surface area contributed by atoms with Gasteiger partial charge in [0, 0.05) is 44.5 Å². The Morgan fingerprint density at radius 3 is 2.66 bits per heavy atom. The fourth-order valence-corrected chi connectivity index (χ4v) is 4.97. The summed E-state index contributed by atoms with van der Waals surface area (Å²) in [6, 6.07) is 17.3. The zero-order valence-corrected chi connectivity index (χ0v) is 18.6. The maximum Gasteiger partial charge on any atom is 0.191 e. The Hall–Kier alpha value is -3.28. The number of imidazole rings is 1. The third kappa shape index (κ3) is 4.49. The van der Waals surface area contributed by atoms with Crippen LogP contribution in [-0.4, -0.2) is 28.2 Å². The predicted octanol–water partition coefficient (Wildman–Crippen LogP) is 4.43. The monoisotopic (exact) mass is 429 g/mol. The second-order valence-corrected chi connectivity index (χ2v) is 8.91. The fraction of sp³-hybridized carbons (Fsp3) is 0.385. The Kier molecular flexibility index (Phi) is 5.84. The molecule has 3 aromatic rings. The third-order valence-electron chi connectivity index (χ3n) is 6.65. The van der Waals surface area contributed by atoms with E-state index in [1.54, 1.807) is 0 Å². The number of nitrogens with zero attached hydrogens (tertiary/aromatic N) is 3. The van der Waals surface area contributed by atoms with Crippen LogP contribution in [0.1, 0.15) is 54.8 Å². The molecule has 0 saturated heterocycles. The summed E-state index contributed by atoms with van der Waals surface area (Å²) in [4.78, 5) is 8.60. The van der Waals surface area contributed by atoms with E-state index in [1.807, 2.05) is 25.8 Å².